The number of hydrogen-bond donors (Lipinski definition) is 1. The lowest BCUT2D eigenvalue weighted by Crippen LogP contribution is -2.39. The fourth-order valence-corrected chi connectivity index (χ4v) is 2.62. The quantitative estimate of drug-likeness (QED) is 0.599. The van der Waals surface area contributed by atoms with Gasteiger partial charge in [0.05, 0.1) is 11.0 Å². The zero-order chi connectivity index (χ0) is 17.7. The van der Waals surface area contributed by atoms with Crippen LogP contribution in [-0.4, -0.2) is 28.8 Å². The first-order valence-electron chi connectivity index (χ1n) is 7.38. The van der Waals surface area contributed by atoms with E-state index in [1.165, 1.54) is 12.1 Å². The SMILES string of the molecule is C[C@H](C(=O)Nc1ccccc1[N+](=O)[O-])N(C)Cc1ccccc1Br. The molecule has 1 amide bonds. The second-order valence-electron chi connectivity index (χ2n) is 5.45. The predicted octanol–water partition coefficient (Wildman–Crippen LogP) is 3.82. The van der Waals surface area contributed by atoms with Crippen molar-refractivity contribution < 1.29 is 9.72 Å². The van der Waals surface area contributed by atoms with Crippen LogP contribution >= 0.6 is 15.9 Å². The van der Waals surface area contributed by atoms with Gasteiger partial charge < -0.3 is 5.32 Å². The van der Waals surface area contributed by atoms with E-state index in [2.05, 4.69) is 21.2 Å². The summed E-state index contributed by atoms with van der Waals surface area (Å²) in [6, 6.07) is 13.5. The van der Waals surface area contributed by atoms with Gasteiger partial charge in [0, 0.05) is 17.1 Å². The normalized spacial score (nSPS) is 12.0. The Kier molecular flexibility index (Phi) is 6.05. The summed E-state index contributed by atoms with van der Waals surface area (Å²) >= 11 is 3.49. The minimum Gasteiger partial charge on any atom is -0.319 e. The smallest absolute Gasteiger partial charge is 0.292 e. The van der Waals surface area contributed by atoms with Gasteiger partial charge in [-0.25, -0.2) is 0 Å². The Labute approximate surface area is 148 Å². The summed E-state index contributed by atoms with van der Waals surface area (Å²) in [5, 5.41) is 13.7. The van der Waals surface area contributed by atoms with E-state index in [-0.39, 0.29) is 17.3 Å². The summed E-state index contributed by atoms with van der Waals surface area (Å²) in [5.74, 6) is -0.293. The molecular weight excluding hydrogens is 374 g/mol. The number of hydrogen-bond acceptors (Lipinski definition) is 4. The Morgan fingerprint density at radius 1 is 1.25 bits per heavy atom. The molecule has 0 radical (unpaired) electrons. The molecule has 0 aliphatic heterocycles. The van der Waals surface area contributed by atoms with Gasteiger partial charge in [-0.2, -0.15) is 0 Å². The molecule has 0 unspecified atom stereocenters. The molecule has 1 atom stereocenters. The highest BCUT2D eigenvalue weighted by molar-refractivity contribution is 9.10. The Balaban J connectivity index is 2.07. The maximum absolute atomic E-state index is 12.4. The molecule has 0 aromatic heterocycles. The lowest BCUT2D eigenvalue weighted by atomic mass is 10.2. The van der Waals surface area contributed by atoms with Gasteiger partial charge in [0.1, 0.15) is 5.69 Å². The van der Waals surface area contributed by atoms with Crippen LogP contribution in [0.5, 0.6) is 0 Å². The van der Waals surface area contributed by atoms with Gasteiger partial charge in [-0.15, -0.1) is 0 Å². The third kappa shape index (κ3) is 4.39. The van der Waals surface area contributed by atoms with Crippen molar-refractivity contribution in [3.05, 3.63) is 68.7 Å². The van der Waals surface area contributed by atoms with Gasteiger partial charge in [0.25, 0.3) is 5.69 Å². The summed E-state index contributed by atoms with van der Waals surface area (Å²) in [6.07, 6.45) is 0. The van der Waals surface area contributed by atoms with Gasteiger partial charge in [-0.05, 0) is 31.7 Å². The van der Waals surface area contributed by atoms with Gasteiger partial charge in [0.15, 0.2) is 0 Å². The van der Waals surface area contributed by atoms with Gasteiger partial charge in [-0.3, -0.25) is 19.8 Å². The van der Waals surface area contributed by atoms with E-state index in [1.54, 1.807) is 19.1 Å². The average molecular weight is 392 g/mol. The minimum absolute atomic E-state index is 0.119. The number of nitrogens with zero attached hydrogens (tertiary/aromatic N) is 2. The van der Waals surface area contributed by atoms with Crippen LogP contribution in [0.15, 0.2) is 53.0 Å². The molecule has 1 N–H and O–H groups in total. The number of carbonyl (C=O) groups is 1. The summed E-state index contributed by atoms with van der Waals surface area (Å²) < 4.78 is 0.975. The second kappa shape index (κ2) is 8.03. The standard InChI is InChI=1S/C17H18BrN3O3/c1-12(20(2)11-13-7-3-4-8-14(13)18)17(22)19-15-9-5-6-10-16(15)21(23)24/h3-10,12H,11H2,1-2H3,(H,19,22)/t12-/m1/s1. The zero-order valence-corrected chi connectivity index (χ0v) is 15.0. The number of amides is 1. The molecule has 6 nitrogen and oxygen atoms in total. The molecule has 0 spiro atoms. The van der Waals surface area contributed by atoms with Gasteiger partial charge in [-0.1, -0.05) is 46.3 Å². The average Bonchev–Trinajstić information content (AvgIpc) is 2.56. The molecule has 0 saturated carbocycles. The molecule has 7 heteroatoms. The Hall–Kier alpha value is -2.25. The first kappa shape index (κ1) is 18.1. The Morgan fingerprint density at radius 3 is 2.54 bits per heavy atom. The van der Waals surface area contributed by atoms with Crippen LogP contribution in [0.25, 0.3) is 0 Å². The molecular formula is C17H18BrN3O3. The number of para-hydroxylation sites is 2. The van der Waals surface area contributed by atoms with Crippen molar-refractivity contribution in [2.75, 3.05) is 12.4 Å². The first-order chi connectivity index (χ1) is 11.4. The van der Waals surface area contributed by atoms with Crippen molar-refractivity contribution >= 4 is 33.2 Å². The van der Waals surface area contributed by atoms with Crippen molar-refractivity contribution in [3.63, 3.8) is 0 Å². The molecule has 2 aromatic carbocycles. The third-order valence-electron chi connectivity index (χ3n) is 3.78. The van der Waals surface area contributed by atoms with Crippen LogP contribution in [0.4, 0.5) is 11.4 Å². The Bertz CT molecular complexity index is 751. The van der Waals surface area contributed by atoms with E-state index in [9.17, 15) is 14.9 Å². The van der Waals surface area contributed by atoms with Crippen LogP contribution in [0.2, 0.25) is 0 Å². The van der Waals surface area contributed by atoms with Crippen LogP contribution in [0.3, 0.4) is 0 Å². The van der Waals surface area contributed by atoms with E-state index in [0.29, 0.717) is 6.54 Å². The fraction of sp³-hybridized carbons (Fsp3) is 0.235. The number of nitrogens with one attached hydrogen (secondary N) is 1. The summed E-state index contributed by atoms with van der Waals surface area (Å²) in [4.78, 5) is 24.8. The van der Waals surface area contributed by atoms with Crippen LogP contribution < -0.4 is 5.32 Å². The number of benzene rings is 2. The van der Waals surface area contributed by atoms with Crippen molar-refractivity contribution in [3.8, 4) is 0 Å². The van der Waals surface area contributed by atoms with E-state index in [1.807, 2.05) is 36.2 Å². The minimum atomic E-state index is -0.509. The van der Waals surface area contributed by atoms with E-state index in [0.717, 1.165) is 10.0 Å². The van der Waals surface area contributed by atoms with Crippen molar-refractivity contribution in [2.45, 2.75) is 19.5 Å². The summed E-state index contributed by atoms with van der Waals surface area (Å²) in [5.41, 5.74) is 1.14. The van der Waals surface area contributed by atoms with Gasteiger partial charge >= 0.3 is 0 Å². The highest BCUT2D eigenvalue weighted by Gasteiger charge is 2.22. The second-order valence-corrected chi connectivity index (χ2v) is 6.30. The zero-order valence-electron chi connectivity index (χ0n) is 13.4. The molecule has 24 heavy (non-hydrogen) atoms. The first-order valence-corrected chi connectivity index (χ1v) is 8.17. The molecule has 2 aromatic rings. The number of halogens is 1. The highest BCUT2D eigenvalue weighted by atomic mass is 79.9. The molecule has 0 fully saturated rings. The topological polar surface area (TPSA) is 75.5 Å². The fourth-order valence-electron chi connectivity index (χ4n) is 2.21. The summed E-state index contributed by atoms with van der Waals surface area (Å²) in [6.45, 7) is 2.34. The molecule has 0 heterocycles. The van der Waals surface area contributed by atoms with E-state index < -0.39 is 11.0 Å². The van der Waals surface area contributed by atoms with Crippen LogP contribution in [0, 0.1) is 10.1 Å². The molecule has 2 rings (SSSR count). The number of carbonyl (C=O) groups excluding carboxylic acids is 1. The Morgan fingerprint density at radius 2 is 1.88 bits per heavy atom. The van der Waals surface area contributed by atoms with Crippen LogP contribution in [-0.2, 0) is 11.3 Å². The monoisotopic (exact) mass is 391 g/mol. The van der Waals surface area contributed by atoms with Crippen LogP contribution in [0.1, 0.15) is 12.5 Å². The maximum atomic E-state index is 12.4. The van der Waals surface area contributed by atoms with Gasteiger partial charge in [0.2, 0.25) is 5.91 Å². The number of nitro benzene ring substituents is 1. The number of likely N-dealkylation sites (N-methyl/N-ethyl adjacent to an activating group) is 1. The lowest BCUT2D eigenvalue weighted by Gasteiger charge is -2.24. The molecule has 126 valence electrons. The van der Waals surface area contributed by atoms with E-state index >= 15 is 0 Å². The van der Waals surface area contributed by atoms with E-state index in [4.69, 9.17) is 0 Å². The van der Waals surface area contributed by atoms with Crippen molar-refractivity contribution in [1.29, 1.82) is 0 Å². The number of anilines is 1. The largest absolute Gasteiger partial charge is 0.319 e. The highest BCUT2D eigenvalue weighted by Crippen LogP contribution is 2.24. The third-order valence-corrected chi connectivity index (χ3v) is 4.55. The van der Waals surface area contributed by atoms with Crippen molar-refractivity contribution in [2.24, 2.45) is 0 Å². The lowest BCUT2D eigenvalue weighted by molar-refractivity contribution is -0.383. The molecule has 0 saturated heterocycles. The molecule has 0 aliphatic carbocycles. The van der Waals surface area contributed by atoms with Crippen molar-refractivity contribution in [1.82, 2.24) is 4.90 Å². The predicted molar refractivity (Wildman–Crippen MR) is 96.8 cm³/mol. The molecule has 0 bridgehead atoms. The molecule has 0 aliphatic rings. The number of nitro groups is 1. The maximum Gasteiger partial charge on any atom is 0.292 e. The number of rotatable bonds is 6. The summed E-state index contributed by atoms with van der Waals surface area (Å²) in [7, 11) is 1.84.